The van der Waals surface area contributed by atoms with Crippen LogP contribution in [0.25, 0.3) is 0 Å². The van der Waals surface area contributed by atoms with Gasteiger partial charge in [-0.3, -0.25) is 4.79 Å². The van der Waals surface area contributed by atoms with Crippen molar-refractivity contribution in [2.45, 2.75) is 25.5 Å². The molecule has 0 aromatic heterocycles. The number of carbonyl (C=O) groups excluding carboxylic acids is 2. The predicted molar refractivity (Wildman–Crippen MR) is 94.2 cm³/mol. The molecule has 3 N–H and O–H groups in total. The van der Waals surface area contributed by atoms with Gasteiger partial charge in [0.15, 0.2) is 6.10 Å². The SMILES string of the molecule is C[C@@H](C#N)OC(=O)C[C@@H](NC(N)=O)c1cccc(Oc2ccccc2)c1. The molecule has 2 amide bonds. The summed E-state index contributed by atoms with van der Waals surface area (Å²) in [7, 11) is 0. The van der Waals surface area contributed by atoms with Crippen LogP contribution in [0.2, 0.25) is 0 Å². The second kappa shape index (κ2) is 9.08. The summed E-state index contributed by atoms with van der Waals surface area (Å²) in [5.41, 5.74) is 5.83. The maximum absolute atomic E-state index is 12.0. The second-order valence-corrected chi connectivity index (χ2v) is 5.51. The van der Waals surface area contributed by atoms with Crippen LogP contribution in [0, 0.1) is 11.3 Å². The Morgan fingerprint density at radius 2 is 1.85 bits per heavy atom. The maximum Gasteiger partial charge on any atom is 0.312 e. The zero-order valence-electron chi connectivity index (χ0n) is 14.2. The number of carbonyl (C=O) groups is 2. The van der Waals surface area contributed by atoms with Crippen LogP contribution in [-0.4, -0.2) is 18.1 Å². The van der Waals surface area contributed by atoms with Crippen LogP contribution in [0.4, 0.5) is 4.79 Å². The summed E-state index contributed by atoms with van der Waals surface area (Å²) in [5, 5.41) is 11.2. The number of rotatable bonds is 7. The minimum atomic E-state index is -0.871. The zero-order chi connectivity index (χ0) is 18.9. The van der Waals surface area contributed by atoms with Crippen LogP contribution in [-0.2, 0) is 9.53 Å². The van der Waals surface area contributed by atoms with E-state index >= 15 is 0 Å². The second-order valence-electron chi connectivity index (χ2n) is 5.51. The molecule has 0 saturated heterocycles. The van der Waals surface area contributed by atoms with Crippen molar-refractivity contribution in [3.05, 3.63) is 60.2 Å². The number of nitrogens with two attached hydrogens (primary N) is 1. The normalized spacial score (nSPS) is 12.3. The van der Waals surface area contributed by atoms with Gasteiger partial charge in [-0.05, 0) is 36.8 Å². The molecule has 0 aliphatic carbocycles. The Kier molecular flexibility index (Phi) is 6.57. The molecule has 26 heavy (non-hydrogen) atoms. The van der Waals surface area contributed by atoms with Gasteiger partial charge in [0.25, 0.3) is 0 Å². The number of amides is 2. The molecule has 0 aliphatic heterocycles. The summed E-state index contributed by atoms with van der Waals surface area (Å²) >= 11 is 0. The number of urea groups is 1. The van der Waals surface area contributed by atoms with Crippen LogP contribution in [0.15, 0.2) is 54.6 Å². The van der Waals surface area contributed by atoms with E-state index in [1.807, 2.05) is 36.4 Å². The molecule has 0 spiro atoms. The number of primary amides is 1. The van der Waals surface area contributed by atoms with Crippen molar-refractivity contribution >= 4 is 12.0 Å². The average Bonchev–Trinajstić information content (AvgIpc) is 2.61. The molecule has 2 aromatic carbocycles. The fraction of sp³-hybridized carbons (Fsp3) is 0.211. The van der Waals surface area contributed by atoms with Gasteiger partial charge >= 0.3 is 12.0 Å². The number of hydrogen-bond acceptors (Lipinski definition) is 5. The Hall–Kier alpha value is -3.53. The molecule has 0 unspecified atom stereocenters. The molecule has 0 radical (unpaired) electrons. The van der Waals surface area contributed by atoms with E-state index in [0.29, 0.717) is 17.1 Å². The third kappa shape index (κ3) is 5.83. The summed E-state index contributed by atoms with van der Waals surface area (Å²) in [6.07, 6.45) is -1.03. The topological polar surface area (TPSA) is 114 Å². The van der Waals surface area contributed by atoms with Gasteiger partial charge in [-0.2, -0.15) is 5.26 Å². The molecular weight excluding hydrogens is 334 g/mol. The van der Waals surface area contributed by atoms with E-state index in [4.69, 9.17) is 20.5 Å². The molecule has 0 bridgehead atoms. The number of nitrogens with zero attached hydrogens (tertiary/aromatic N) is 1. The fourth-order valence-corrected chi connectivity index (χ4v) is 2.28. The summed E-state index contributed by atoms with van der Waals surface area (Å²) in [6.45, 7) is 1.46. The number of para-hydroxylation sites is 1. The van der Waals surface area contributed by atoms with Gasteiger partial charge in [0, 0.05) is 0 Å². The minimum absolute atomic E-state index is 0.163. The maximum atomic E-state index is 12.0. The van der Waals surface area contributed by atoms with Crippen molar-refractivity contribution < 1.29 is 19.1 Å². The number of esters is 1. The van der Waals surface area contributed by atoms with Gasteiger partial charge in [-0.25, -0.2) is 4.79 Å². The molecule has 7 nitrogen and oxygen atoms in total. The highest BCUT2D eigenvalue weighted by molar-refractivity contribution is 5.75. The third-order valence-electron chi connectivity index (χ3n) is 3.42. The molecule has 0 heterocycles. The molecule has 0 saturated carbocycles. The van der Waals surface area contributed by atoms with E-state index in [9.17, 15) is 9.59 Å². The molecule has 2 rings (SSSR count). The van der Waals surface area contributed by atoms with Crippen molar-refractivity contribution in [1.29, 1.82) is 5.26 Å². The van der Waals surface area contributed by atoms with Crippen LogP contribution in [0.5, 0.6) is 11.5 Å². The highest BCUT2D eigenvalue weighted by Crippen LogP contribution is 2.26. The number of ether oxygens (including phenoxy) is 2. The largest absolute Gasteiger partial charge is 0.457 e. The minimum Gasteiger partial charge on any atom is -0.457 e. The number of nitriles is 1. The van der Waals surface area contributed by atoms with Crippen molar-refractivity contribution in [1.82, 2.24) is 5.32 Å². The lowest BCUT2D eigenvalue weighted by atomic mass is 10.0. The van der Waals surface area contributed by atoms with Gasteiger partial charge in [0.05, 0.1) is 12.5 Å². The van der Waals surface area contributed by atoms with Gasteiger partial charge < -0.3 is 20.5 Å². The van der Waals surface area contributed by atoms with Crippen LogP contribution < -0.4 is 15.8 Å². The van der Waals surface area contributed by atoms with Gasteiger partial charge in [-0.15, -0.1) is 0 Å². The first-order chi connectivity index (χ1) is 12.5. The molecule has 2 atom stereocenters. The highest BCUT2D eigenvalue weighted by Gasteiger charge is 2.20. The molecule has 0 fully saturated rings. The van der Waals surface area contributed by atoms with Gasteiger partial charge in [-0.1, -0.05) is 30.3 Å². The number of benzene rings is 2. The molecular formula is C19H19N3O4. The fourth-order valence-electron chi connectivity index (χ4n) is 2.28. The van der Waals surface area contributed by atoms with Crippen molar-refractivity contribution in [3.8, 4) is 17.6 Å². The van der Waals surface area contributed by atoms with Crippen LogP contribution in [0.3, 0.4) is 0 Å². The molecule has 134 valence electrons. The third-order valence-corrected chi connectivity index (χ3v) is 3.42. The molecule has 7 heteroatoms. The number of hydrogen-bond donors (Lipinski definition) is 2. The first-order valence-electron chi connectivity index (χ1n) is 7.96. The van der Waals surface area contributed by atoms with Crippen LogP contribution in [0.1, 0.15) is 24.9 Å². The smallest absolute Gasteiger partial charge is 0.312 e. The zero-order valence-corrected chi connectivity index (χ0v) is 14.2. The van der Waals surface area contributed by atoms with Crippen molar-refractivity contribution in [2.75, 3.05) is 0 Å². The van der Waals surface area contributed by atoms with Crippen LogP contribution >= 0.6 is 0 Å². The monoisotopic (exact) mass is 353 g/mol. The van der Waals surface area contributed by atoms with E-state index in [0.717, 1.165) is 0 Å². The number of nitrogens with one attached hydrogen (secondary N) is 1. The van der Waals surface area contributed by atoms with E-state index in [1.165, 1.54) is 6.92 Å². The lowest BCUT2D eigenvalue weighted by Crippen LogP contribution is -2.35. The molecule has 2 aromatic rings. The Morgan fingerprint density at radius 1 is 1.15 bits per heavy atom. The Morgan fingerprint density at radius 3 is 2.50 bits per heavy atom. The standard InChI is InChI=1S/C19H19N3O4/c1-13(12-20)25-18(23)11-17(22-19(21)24)14-6-5-9-16(10-14)26-15-7-3-2-4-8-15/h2-10,13,17H,11H2,1H3,(H3,21,22,24)/t13-,17+/m0/s1. The highest BCUT2D eigenvalue weighted by atomic mass is 16.5. The Balaban J connectivity index is 2.16. The summed E-state index contributed by atoms with van der Waals surface area (Å²) < 4.78 is 10.7. The summed E-state index contributed by atoms with van der Waals surface area (Å²) in [4.78, 5) is 23.3. The van der Waals surface area contributed by atoms with E-state index in [2.05, 4.69) is 5.32 Å². The first-order valence-corrected chi connectivity index (χ1v) is 7.96. The first kappa shape index (κ1) is 18.8. The van der Waals surface area contributed by atoms with Crippen molar-refractivity contribution in [2.24, 2.45) is 5.73 Å². The van der Waals surface area contributed by atoms with Crippen molar-refractivity contribution in [3.63, 3.8) is 0 Å². The van der Waals surface area contributed by atoms with E-state index < -0.39 is 24.1 Å². The van der Waals surface area contributed by atoms with Gasteiger partial charge in [0.1, 0.15) is 17.6 Å². The Labute approximate surface area is 151 Å². The lowest BCUT2D eigenvalue weighted by Gasteiger charge is -2.18. The summed E-state index contributed by atoms with van der Waals surface area (Å²) in [5.74, 6) is 0.585. The molecule has 0 aliphatic rings. The van der Waals surface area contributed by atoms with E-state index in [-0.39, 0.29) is 6.42 Å². The average molecular weight is 353 g/mol. The summed E-state index contributed by atoms with van der Waals surface area (Å²) in [6, 6.07) is 16.5. The lowest BCUT2D eigenvalue weighted by molar-refractivity contribution is -0.146. The van der Waals surface area contributed by atoms with E-state index in [1.54, 1.807) is 24.3 Å². The van der Waals surface area contributed by atoms with Gasteiger partial charge in [0.2, 0.25) is 0 Å². The predicted octanol–water partition coefficient (Wildman–Crippen LogP) is 3.03. The Bertz CT molecular complexity index is 802. The quantitative estimate of drug-likeness (QED) is 0.743.